The molecule has 2 heterocycles. The second kappa shape index (κ2) is 4.97. The van der Waals surface area contributed by atoms with Crippen LogP contribution in [0.25, 0.3) is 0 Å². The third-order valence-electron chi connectivity index (χ3n) is 4.47. The SMILES string of the molecule is Cn1ncc(CN2CCNCC23CCCCC3)n1. The van der Waals surface area contributed by atoms with Crippen molar-refractivity contribution in [1.82, 2.24) is 25.2 Å². The maximum absolute atomic E-state index is 4.43. The highest BCUT2D eigenvalue weighted by atomic mass is 15.5. The van der Waals surface area contributed by atoms with Crippen LogP contribution in [0, 0.1) is 0 Å². The Bertz CT molecular complexity index is 386. The molecule has 1 aromatic heterocycles. The van der Waals surface area contributed by atoms with Gasteiger partial charge >= 0.3 is 0 Å². The molecule has 1 aromatic rings. The van der Waals surface area contributed by atoms with Crippen molar-refractivity contribution < 1.29 is 0 Å². The molecule has 5 heteroatoms. The van der Waals surface area contributed by atoms with Crippen molar-refractivity contribution in [3.05, 3.63) is 11.9 Å². The summed E-state index contributed by atoms with van der Waals surface area (Å²) in [6.45, 7) is 4.33. The molecule has 0 unspecified atom stereocenters. The summed E-state index contributed by atoms with van der Waals surface area (Å²) in [4.78, 5) is 4.30. The van der Waals surface area contributed by atoms with E-state index in [-0.39, 0.29) is 0 Å². The minimum absolute atomic E-state index is 0.383. The molecule has 1 N–H and O–H groups in total. The van der Waals surface area contributed by atoms with Gasteiger partial charge < -0.3 is 5.32 Å². The highest BCUT2D eigenvalue weighted by Gasteiger charge is 2.39. The largest absolute Gasteiger partial charge is 0.314 e. The summed E-state index contributed by atoms with van der Waals surface area (Å²) in [5.41, 5.74) is 1.48. The molecule has 0 amide bonds. The van der Waals surface area contributed by atoms with Gasteiger partial charge in [-0.2, -0.15) is 15.0 Å². The Labute approximate surface area is 109 Å². The predicted molar refractivity (Wildman–Crippen MR) is 70.1 cm³/mol. The van der Waals surface area contributed by atoms with Gasteiger partial charge in [-0.1, -0.05) is 19.3 Å². The van der Waals surface area contributed by atoms with Crippen LogP contribution in [0.3, 0.4) is 0 Å². The maximum Gasteiger partial charge on any atom is 0.0967 e. The van der Waals surface area contributed by atoms with Crippen molar-refractivity contribution in [3.8, 4) is 0 Å². The van der Waals surface area contributed by atoms with Gasteiger partial charge in [0.25, 0.3) is 0 Å². The van der Waals surface area contributed by atoms with Crippen molar-refractivity contribution in [2.24, 2.45) is 7.05 Å². The van der Waals surface area contributed by atoms with Crippen LogP contribution in [0.4, 0.5) is 0 Å². The summed E-state index contributed by atoms with van der Waals surface area (Å²) in [5, 5.41) is 12.2. The fourth-order valence-electron chi connectivity index (χ4n) is 3.49. The van der Waals surface area contributed by atoms with Crippen LogP contribution < -0.4 is 5.32 Å². The Morgan fingerprint density at radius 1 is 1.33 bits per heavy atom. The van der Waals surface area contributed by atoms with Crippen molar-refractivity contribution in [2.75, 3.05) is 19.6 Å². The molecule has 5 nitrogen and oxygen atoms in total. The first-order valence-corrected chi connectivity index (χ1v) is 7.10. The summed E-state index contributed by atoms with van der Waals surface area (Å²) < 4.78 is 0. The zero-order chi connectivity index (χ0) is 12.4. The van der Waals surface area contributed by atoms with Crippen LogP contribution in [0.1, 0.15) is 37.8 Å². The van der Waals surface area contributed by atoms with Gasteiger partial charge in [-0.25, -0.2) is 0 Å². The normalized spacial score (nSPS) is 24.5. The molecule has 1 saturated carbocycles. The highest BCUT2D eigenvalue weighted by Crippen LogP contribution is 2.35. The molecule has 2 fully saturated rings. The first-order valence-electron chi connectivity index (χ1n) is 7.10. The number of aromatic nitrogens is 3. The predicted octanol–water partition coefficient (Wildman–Crippen LogP) is 0.923. The quantitative estimate of drug-likeness (QED) is 0.847. The minimum Gasteiger partial charge on any atom is -0.314 e. The van der Waals surface area contributed by atoms with E-state index >= 15 is 0 Å². The first kappa shape index (κ1) is 12.1. The number of aryl methyl sites for hydroxylation is 1. The third kappa shape index (κ3) is 2.29. The zero-order valence-corrected chi connectivity index (χ0v) is 11.2. The molecule has 2 aliphatic rings. The van der Waals surface area contributed by atoms with Gasteiger partial charge in [-0.05, 0) is 12.8 Å². The molecule has 0 bridgehead atoms. The fourth-order valence-corrected chi connectivity index (χ4v) is 3.49. The monoisotopic (exact) mass is 249 g/mol. The maximum atomic E-state index is 4.43. The Hall–Kier alpha value is -0.940. The van der Waals surface area contributed by atoms with Gasteiger partial charge in [0.15, 0.2) is 0 Å². The molecule has 1 spiro atoms. The molecule has 0 radical (unpaired) electrons. The number of hydrogen-bond donors (Lipinski definition) is 1. The molecular formula is C13H23N5. The van der Waals surface area contributed by atoms with Crippen LogP contribution in [0.15, 0.2) is 6.20 Å². The summed E-state index contributed by atoms with van der Waals surface area (Å²) in [5.74, 6) is 0. The average molecular weight is 249 g/mol. The van der Waals surface area contributed by atoms with Crippen molar-refractivity contribution in [1.29, 1.82) is 0 Å². The average Bonchev–Trinajstić information content (AvgIpc) is 2.79. The van der Waals surface area contributed by atoms with E-state index in [0.29, 0.717) is 5.54 Å². The lowest BCUT2D eigenvalue weighted by Crippen LogP contribution is -2.61. The van der Waals surface area contributed by atoms with Crippen molar-refractivity contribution in [3.63, 3.8) is 0 Å². The standard InChI is InChI=1S/C13H23N5/c1-17-15-9-12(16-17)10-18-8-7-14-11-13(18)5-3-2-4-6-13/h9,14H,2-8,10-11H2,1H3. The van der Waals surface area contributed by atoms with Gasteiger partial charge in [-0.15, -0.1) is 0 Å². The number of rotatable bonds is 2. The van der Waals surface area contributed by atoms with Gasteiger partial charge in [-0.3, -0.25) is 4.90 Å². The molecule has 1 aliphatic carbocycles. The Balaban J connectivity index is 1.75. The van der Waals surface area contributed by atoms with E-state index in [2.05, 4.69) is 20.4 Å². The third-order valence-corrected chi connectivity index (χ3v) is 4.47. The van der Waals surface area contributed by atoms with E-state index in [4.69, 9.17) is 0 Å². The molecule has 100 valence electrons. The summed E-state index contributed by atoms with van der Waals surface area (Å²) in [6, 6.07) is 0. The molecule has 1 aliphatic heterocycles. The van der Waals surface area contributed by atoms with E-state index in [0.717, 1.165) is 31.9 Å². The zero-order valence-electron chi connectivity index (χ0n) is 11.2. The second-order valence-electron chi connectivity index (χ2n) is 5.71. The number of nitrogens with one attached hydrogen (secondary N) is 1. The first-order chi connectivity index (χ1) is 8.78. The fraction of sp³-hybridized carbons (Fsp3) is 0.846. The molecule has 18 heavy (non-hydrogen) atoms. The lowest BCUT2D eigenvalue weighted by atomic mass is 9.79. The van der Waals surface area contributed by atoms with Crippen LogP contribution in [-0.4, -0.2) is 45.1 Å². The molecule has 0 aromatic carbocycles. The van der Waals surface area contributed by atoms with Crippen LogP contribution in [0.2, 0.25) is 0 Å². The van der Waals surface area contributed by atoms with Crippen molar-refractivity contribution >= 4 is 0 Å². The lowest BCUT2D eigenvalue weighted by Gasteiger charge is -2.49. The molecule has 3 rings (SSSR count). The number of hydrogen-bond acceptors (Lipinski definition) is 4. The lowest BCUT2D eigenvalue weighted by molar-refractivity contribution is 0.0198. The van der Waals surface area contributed by atoms with E-state index in [1.807, 2.05) is 13.2 Å². The minimum atomic E-state index is 0.383. The molecule has 1 saturated heterocycles. The van der Waals surface area contributed by atoms with E-state index < -0.39 is 0 Å². The number of piperazine rings is 1. The molecular weight excluding hydrogens is 226 g/mol. The van der Waals surface area contributed by atoms with Crippen LogP contribution >= 0.6 is 0 Å². The van der Waals surface area contributed by atoms with Crippen LogP contribution in [0.5, 0.6) is 0 Å². The smallest absolute Gasteiger partial charge is 0.0967 e. The topological polar surface area (TPSA) is 46.0 Å². The van der Waals surface area contributed by atoms with Gasteiger partial charge in [0.2, 0.25) is 0 Å². The Morgan fingerprint density at radius 3 is 2.89 bits per heavy atom. The summed E-state index contributed by atoms with van der Waals surface area (Å²) >= 11 is 0. The van der Waals surface area contributed by atoms with Crippen molar-refractivity contribution in [2.45, 2.75) is 44.2 Å². The van der Waals surface area contributed by atoms with E-state index in [9.17, 15) is 0 Å². The van der Waals surface area contributed by atoms with Gasteiger partial charge in [0.05, 0.1) is 11.9 Å². The Kier molecular flexibility index (Phi) is 3.35. The number of nitrogens with zero attached hydrogens (tertiary/aromatic N) is 4. The summed E-state index contributed by atoms with van der Waals surface area (Å²) in [7, 11) is 1.89. The Morgan fingerprint density at radius 2 is 2.17 bits per heavy atom. The van der Waals surface area contributed by atoms with E-state index in [1.54, 1.807) is 4.80 Å². The molecule has 0 atom stereocenters. The highest BCUT2D eigenvalue weighted by molar-refractivity contribution is 5.01. The summed E-state index contributed by atoms with van der Waals surface area (Å²) in [6.07, 6.45) is 8.72. The van der Waals surface area contributed by atoms with E-state index in [1.165, 1.54) is 32.1 Å². The second-order valence-corrected chi connectivity index (χ2v) is 5.71. The van der Waals surface area contributed by atoms with Gasteiger partial charge in [0, 0.05) is 38.8 Å². The van der Waals surface area contributed by atoms with Gasteiger partial charge in [0.1, 0.15) is 0 Å². The van der Waals surface area contributed by atoms with Crippen LogP contribution in [-0.2, 0) is 13.6 Å².